The van der Waals surface area contributed by atoms with Crippen molar-refractivity contribution < 1.29 is 5.11 Å². The first-order valence-corrected chi connectivity index (χ1v) is 5.03. The van der Waals surface area contributed by atoms with Crippen LogP contribution in [0, 0.1) is 0 Å². The van der Waals surface area contributed by atoms with E-state index in [4.69, 9.17) is 5.11 Å². The van der Waals surface area contributed by atoms with Crippen molar-refractivity contribution in [2.24, 2.45) is 0 Å². The van der Waals surface area contributed by atoms with Gasteiger partial charge in [0.1, 0.15) is 0 Å². The average Bonchev–Trinajstić information content (AvgIpc) is 2.00. The maximum absolute atomic E-state index is 9.06. The SMILES string of the molecule is CC(O)CCCN(C)CCN(C)C. The third kappa shape index (κ3) is 9.80. The van der Waals surface area contributed by atoms with E-state index in [1.807, 2.05) is 6.92 Å². The van der Waals surface area contributed by atoms with Crippen LogP contribution in [0.25, 0.3) is 0 Å². The van der Waals surface area contributed by atoms with E-state index < -0.39 is 0 Å². The van der Waals surface area contributed by atoms with Crippen molar-refractivity contribution in [2.75, 3.05) is 40.8 Å². The highest BCUT2D eigenvalue weighted by Gasteiger charge is 2.00. The van der Waals surface area contributed by atoms with Crippen molar-refractivity contribution in [1.29, 1.82) is 0 Å². The molecule has 3 heteroatoms. The summed E-state index contributed by atoms with van der Waals surface area (Å²) in [5.74, 6) is 0. The Hall–Kier alpha value is -0.120. The zero-order chi connectivity index (χ0) is 10.3. The third-order valence-electron chi connectivity index (χ3n) is 2.09. The fourth-order valence-corrected chi connectivity index (χ4v) is 1.14. The minimum Gasteiger partial charge on any atom is -0.393 e. The van der Waals surface area contributed by atoms with Gasteiger partial charge in [-0.05, 0) is 47.5 Å². The molecular formula is C10H24N2O. The van der Waals surface area contributed by atoms with E-state index in [2.05, 4.69) is 30.9 Å². The van der Waals surface area contributed by atoms with Gasteiger partial charge in [-0.15, -0.1) is 0 Å². The molecule has 3 nitrogen and oxygen atoms in total. The molecule has 0 aliphatic rings. The van der Waals surface area contributed by atoms with Crippen LogP contribution in [0.5, 0.6) is 0 Å². The first-order chi connectivity index (χ1) is 6.02. The minimum atomic E-state index is -0.151. The summed E-state index contributed by atoms with van der Waals surface area (Å²) in [5.41, 5.74) is 0. The lowest BCUT2D eigenvalue weighted by atomic mass is 10.2. The molecule has 0 rings (SSSR count). The topological polar surface area (TPSA) is 26.7 Å². The quantitative estimate of drug-likeness (QED) is 0.635. The van der Waals surface area contributed by atoms with Gasteiger partial charge in [-0.2, -0.15) is 0 Å². The summed E-state index contributed by atoms with van der Waals surface area (Å²) in [6.07, 6.45) is 1.84. The second-order valence-electron chi connectivity index (χ2n) is 4.10. The van der Waals surface area contributed by atoms with E-state index in [0.717, 1.165) is 32.5 Å². The first kappa shape index (κ1) is 12.9. The van der Waals surface area contributed by atoms with Crippen LogP contribution in [0.2, 0.25) is 0 Å². The Labute approximate surface area is 82.3 Å². The summed E-state index contributed by atoms with van der Waals surface area (Å²) in [5, 5.41) is 9.06. The van der Waals surface area contributed by atoms with E-state index in [1.54, 1.807) is 0 Å². The summed E-state index contributed by atoms with van der Waals surface area (Å²) in [6, 6.07) is 0. The van der Waals surface area contributed by atoms with Crippen molar-refractivity contribution in [1.82, 2.24) is 9.80 Å². The van der Waals surface area contributed by atoms with Crippen molar-refractivity contribution in [3.63, 3.8) is 0 Å². The minimum absolute atomic E-state index is 0.151. The predicted octanol–water partition coefficient (Wildman–Crippen LogP) is 0.641. The van der Waals surface area contributed by atoms with Crippen LogP contribution in [0.3, 0.4) is 0 Å². The monoisotopic (exact) mass is 188 g/mol. The molecule has 0 aliphatic carbocycles. The maximum Gasteiger partial charge on any atom is 0.0512 e. The van der Waals surface area contributed by atoms with Crippen LogP contribution >= 0.6 is 0 Å². The summed E-state index contributed by atoms with van der Waals surface area (Å²) < 4.78 is 0. The summed E-state index contributed by atoms with van der Waals surface area (Å²) >= 11 is 0. The van der Waals surface area contributed by atoms with E-state index in [-0.39, 0.29) is 6.10 Å². The molecule has 1 atom stereocenters. The lowest BCUT2D eigenvalue weighted by molar-refractivity contribution is 0.173. The van der Waals surface area contributed by atoms with Crippen LogP contribution in [0.15, 0.2) is 0 Å². The molecule has 0 spiro atoms. The second kappa shape index (κ2) is 7.30. The van der Waals surface area contributed by atoms with Crippen LogP contribution in [-0.2, 0) is 0 Å². The van der Waals surface area contributed by atoms with Gasteiger partial charge in [-0.1, -0.05) is 0 Å². The normalized spacial score (nSPS) is 14.1. The molecule has 1 unspecified atom stereocenters. The van der Waals surface area contributed by atoms with E-state index in [9.17, 15) is 0 Å². The summed E-state index contributed by atoms with van der Waals surface area (Å²) in [7, 11) is 6.30. The van der Waals surface area contributed by atoms with Gasteiger partial charge in [0.2, 0.25) is 0 Å². The Bertz CT molecular complexity index is 115. The lowest BCUT2D eigenvalue weighted by Gasteiger charge is -2.19. The van der Waals surface area contributed by atoms with E-state index in [1.165, 1.54) is 0 Å². The molecule has 0 aromatic carbocycles. The molecule has 0 fully saturated rings. The van der Waals surface area contributed by atoms with Gasteiger partial charge in [-0.3, -0.25) is 0 Å². The molecule has 0 aliphatic heterocycles. The Morgan fingerprint density at radius 2 is 1.69 bits per heavy atom. The zero-order valence-corrected chi connectivity index (χ0v) is 9.45. The molecular weight excluding hydrogens is 164 g/mol. The van der Waals surface area contributed by atoms with Gasteiger partial charge in [0, 0.05) is 13.1 Å². The number of nitrogens with zero attached hydrogens (tertiary/aromatic N) is 2. The van der Waals surface area contributed by atoms with E-state index >= 15 is 0 Å². The Kier molecular flexibility index (Phi) is 7.23. The fraction of sp³-hybridized carbons (Fsp3) is 1.00. The first-order valence-electron chi connectivity index (χ1n) is 5.03. The molecule has 0 heterocycles. The van der Waals surface area contributed by atoms with Gasteiger partial charge in [0.25, 0.3) is 0 Å². The lowest BCUT2D eigenvalue weighted by Crippen LogP contribution is -2.29. The van der Waals surface area contributed by atoms with Gasteiger partial charge < -0.3 is 14.9 Å². The van der Waals surface area contributed by atoms with Gasteiger partial charge in [-0.25, -0.2) is 0 Å². The zero-order valence-electron chi connectivity index (χ0n) is 9.45. The molecule has 0 aromatic heterocycles. The van der Waals surface area contributed by atoms with Crippen molar-refractivity contribution >= 4 is 0 Å². The molecule has 13 heavy (non-hydrogen) atoms. The second-order valence-corrected chi connectivity index (χ2v) is 4.10. The molecule has 1 N–H and O–H groups in total. The average molecular weight is 188 g/mol. The van der Waals surface area contributed by atoms with Crippen molar-refractivity contribution in [3.8, 4) is 0 Å². The maximum atomic E-state index is 9.06. The molecule has 0 radical (unpaired) electrons. The number of hydrogen-bond acceptors (Lipinski definition) is 3. The molecule has 0 saturated heterocycles. The van der Waals surface area contributed by atoms with Crippen LogP contribution in [0.1, 0.15) is 19.8 Å². The van der Waals surface area contributed by atoms with Gasteiger partial charge >= 0.3 is 0 Å². The third-order valence-corrected chi connectivity index (χ3v) is 2.09. The number of rotatable bonds is 7. The number of aliphatic hydroxyl groups is 1. The Balaban J connectivity index is 3.25. The Morgan fingerprint density at radius 3 is 2.15 bits per heavy atom. The predicted molar refractivity (Wildman–Crippen MR) is 57.0 cm³/mol. The van der Waals surface area contributed by atoms with Crippen LogP contribution < -0.4 is 0 Å². The van der Waals surface area contributed by atoms with Crippen molar-refractivity contribution in [3.05, 3.63) is 0 Å². The summed E-state index contributed by atoms with van der Waals surface area (Å²) in [6.45, 7) is 5.14. The van der Waals surface area contributed by atoms with Gasteiger partial charge in [0.05, 0.1) is 6.10 Å². The van der Waals surface area contributed by atoms with Gasteiger partial charge in [0.15, 0.2) is 0 Å². The molecule has 0 bridgehead atoms. The largest absolute Gasteiger partial charge is 0.393 e. The molecule has 0 amide bonds. The van der Waals surface area contributed by atoms with Crippen molar-refractivity contribution in [2.45, 2.75) is 25.9 Å². The smallest absolute Gasteiger partial charge is 0.0512 e. The standard InChI is InChI=1S/C10H24N2O/c1-10(13)6-5-7-12(4)9-8-11(2)3/h10,13H,5-9H2,1-4H3. The van der Waals surface area contributed by atoms with Crippen LogP contribution in [0.4, 0.5) is 0 Å². The molecule has 0 saturated carbocycles. The number of hydrogen-bond donors (Lipinski definition) is 1. The van der Waals surface area contributed by atoms with E-state index in [0.29, 0.717) is 0 Å². The highest BCUT2D eigenvalue weighted by Crippen LogP contribution is 1.97. The Morgan fingerprint density at radius 1 is 1.08 bits per heavy atom. The highest BCUT2D eigenvalue weighted by atomic mass is 16.3. The van der Waals surface area contributed by atoms with Crippen LogP contribution in [-0.4, -0.2) is 61.8 Å². The number of aliphatic hydroxyl groups excluding tert-OH is 1. The fourth-order valence-electron chi connectivity index (χ4n) is 1.14. The molecule has 0 aromatic rings. The molecule has 80 valence electrons. The number of likely N-dealkylation sites (N-methyl/N-ethyl adjacent to an activating group) is 2. The highest BCUT2D eigenvalue weighted by molar-refractivity contribution is 4.56. The summed E-state index contributed by atoms with van der Waals surface area (Å²) in [4.78, 5) is 4.49.